The van der Waals surface area contributed by atoms with Crippen LogP contribution in [0.25, 0.3) is 0 Å². The zero-order valence-corrected chi connectivity index (χ0v) is 2.97. The molecule has 0 aliphatic rings. The largest absolute Gasteiger partial charge is 0.482 e. The summed E-state index contributed by atoms with van der Waals surface area (Å²) < 4.78 is 0. The predicted molar refractivity (Wildman–Crippen MR) is 21.9 cm³/mol. The molecule has 0 fully saturated rings. The maximum absolute atomic E-state index is 7.78. The molecule has 2 nitrogen and oxygen atoms in total. The van der Waals surface area contributed by atoms with Crippen molar-refractivity contribution >= 4 is 7.85 Å². The minimum absolute atomic E-state index is 0.620. The van der Waals surface area contributed by atoms with E-state index in [-0.39, 0.29) is 0 Å². The van der Waals surface area contributed by atoms with Gasteiger partial charge in [0.15, 0.2) is 0 Å². The van der Waals surface area contributed by atoms with Gasteiger partial charge in [-0.25, -0.2) is 0 Å². The van der Waals surface area contributed by atoms with Crippen molar-refractivity contribution in [3.8, 4) is 0 Å². The molecular formula is C2H5BO2. The highest BCUT2D eigenvalue weighted by Gasteiger charge is 1.67. The summed E-state index contributed by atoms with van der Waals surface area (Å²) in [6.45, 7) is 0. The average Bonchev–Trinajstić information content (AvgIpc) is 1.38. The van der Waals surface area contributed by atoms with Crippen LogP contribution < -0.4 is 0 Å². The lowest BCUT2D eigenvalue weighted by Gasteiger charge is -1.75. The van der Waals surface area contributed by atoms with Gasteiger partial charge in [0, 0.05) is 0 Å². The first-order valence-electron chi connectivity index (χ1n) is 1.31. The number of hydrogen-bond donors (Lipinski definition) is 2. The molecule has 0 bridgehead atoms. The van der Waals surface area contributed by atoms with Crippen LogP contribution in [-0.4, -0.2) is 18.1 Å². The molecule has 0 saturated carbocycles. The molecule has 0 aromatic carbocycles. The predicted octanol–water partition coefficient (Wildman–Crippen LogP) is -0.466. The summed E-state index contributed by atoms with van der Waals surface area (Å²) in [6.07, 6.45) is 0. The standard InChI is InChI=1S/C2H5BO2/c3-1-2(4)5/h1,4-5H,3H2. The zero-order valence-electron chi connectivity index (χ0n) is 2.97. The first kappa shape index (κ1) is 4.40. The Kier molecular flexibility index (Phi) is 1.50. The van der Waals surface area contributed by atoms with Crippen molar-refractivity contribution in [2.24, 2.45) is 0 Å². The van der Waals surface area contributed by atoms with Crippen LogP contribution in [0.1, 0.15) is 0 Å². The summed E-state index contributed by atoms with van der Waals surface area (Å²) in [5.41, 5.74) is 0. The average molecular weight is 71.9 g/mol. The van der Waals surface area contributed by atoms with E-state index in [0.29, 0.717) is 0 Å². The molecule has 0 aliphatic carbocycles. The van der Waals surface area contributed by atoms with Gasteiger partial charge < -0.3 is 10.2 Å². The van der Waals surface area contributed by atoms with Crippen molar-refractivity contribution in [3.63, 3.8) is 0 Å². The molecule has 3 heteroatoms. The lowest BCUT2D eigenvalue weighted by Crippen LogP contribution is -1.71. The molecule has 0 aliphatic heterocycles. The smallest absolute Gasteiger partial charge is 0.259 e. The van der Waals surface area contributed by atoms with Crippen LogP contribution in [0.4, 0.5) is 0 Å². The molecule has 0 heterocycles. The molecule has 0 spiro atoms. The van der Waals surface area contributed by atoms with Gasteiger partial charge >= 0.3 is 0 Å². The van der Waals surface area contributed by atoms with E-state index < -0.39 is 5.95 Å². The fraction of sp³-hybridized carbons (Fsp3) is 0. The third-order valence-corrected chi connectivity index (χ3v) is 0.258. The molecule has 0 saturated heterocycles. The van der Waals surface area contributed by atoms with Gasteiger partial charge in [-0.05, 0) is 5.98 Å². The van der Waals surface area contributed by atoms with E-state index in [4.69, 9.17) is 10.2 Å². The van der Waals surface area contributed by atoms with Crippen molar-refractivity contribution in [2.75, 3.05) is 0 Å². The molecular weight excluding hydrogens is 66.8 g/mol. The van der Waals surface area contributed by atoms with Crippen LogP contribution in [0.15, 0.2) is 11.9 Å². The van der Waals surface area contributed by atoms with E-state index in [1.54, 1.807) is 0 Å². The summed E-state index contributed by atoms with van der Waals surface area (Å²) in [5, 5.41) is 15.6. The first-order chi connectivity index (χ1) is 2.27. The van der Waals surface area contributed by atoms with E-state index in [9.17, 15) is 0 Å². The molecule has 28 valence electrons. The van der Waals surface area contributed by atoms with E-state index in [1.807, 2.05) is 0 Å². The third-order valence-electron chi connectivity index (χ3n) is 0.258. The van der Waals surface area contributed by atoms with Crippen LogP contribution in [0.3, 0.4) is 0 Å². The number of aliphatic hydroxyl groups excluding tert-OH is 1. The van der Waals surface area contributed by atoms with Crippen LogP contribution in [0.2, 0.25) is 0 Å². The van der Waals surface area contributed by atoms with E-state index in [2.05, 4.69) is 0 Å². The van der Waals surface area contributed by atoms with Crippen molar-refractivity contribution in [1.29, 1.82) is 0 Å². The quantitative estimate of drug-likeness (QED) is 0.300. The number of hydrogen-bond acceptors (Lipinski definition) is 2. The Balaban J connectivity index is 3.14. The van der Waals surface area contributed by atoms with Crippen molar-refractivity contribution in [1.82, 2.24) is 0 Å². The van der Waals surface area contributed by atoms with Crippen LogP contribution in [0, 0.1) is 0 Å². The van der Waals surface area contributed by atoms with E-state index >= 15 is 0 Å². The van der Waals surface area contributed by atoms with Gasteiger partial charge in [-0.3, -0.25) is 0 Å². The Hall–Kier alpha value is -0.595. The summed E-state index contributed by atoms with van der Waals surface area (Å²) in [5.74, 6) is 0.574. The second-order valence-corrected chi connectivity index (χ2v) is 0.647. The van der Waals surface area contributed by atoms with Crippen LogP contribution >= 0.6 is 0 Å². The van der Waals surface area contributed by atoms with E-state index in [1.165, 1.54) is 13.8 Å². The summed E-state index contributed by atoms with van der Waals surface area (Å²) >= 11 is 0. The summed E-state index contributed by atoms with van der Waals surface area (Å²) in [7, 11) is 1.54. The Morgan fingerprint density at radius 2 is 1.80 bits per heavy atom. The van der Waals surface area contributed by atoms with Gasteiger partial charge in [-0.1, -0.05) is 0 Å². The molecule has 0 aromatic heterocycles. The monoisotopic (exact) mass is 72.0 g/mol. The topological polar surface area (TPSA) is 40.5 Å². The van der Waals surface area contributed by atoms with Crippen LogP contribution in [-0.2, 0) is 0 Å². The highest BCUT2D eigenvalue weighted by molar-refractivity contribution is 6.17. The number of rotatable bonds is 0. The maximum atomic E-state index is 7.78. The minimum Gasteiger partial charge on any atom is -0.482 e. The molecule has 0 atom stereocenters. The van der Waals surface area contributed by atoms with Crippen molar-refractivity contribution in [2.45, 2.75) is 0 Å². The molecule has 0 amide bonds. The van der Waals surface area contributed by atoms with Crippen molar-refractivity contribution in [3.05, 3.63) is 11.9 Å². The Bertz CT molecular complexity index is 45.6. The Morgan fingerprint density at radius 3 is 1.80 bits per heavy atom. The second kappa shape index (κ2) is 1.70. The minimum atomic E-state index is -0.620. The summed E-state index contributed by atoms with van der Waals surface area (Å²) in [6, 6.07) is 0. The molecule has 0 unspecified atom stereocenters. The third kappa shape index (κ3) is 3.40. The van der Waals surface area contributed by atoms with Crippen LogP contribution in [0.5, 0.6) is 0 Å². The maximum Gasteiger partial charge on any atom is 0.259 e. The zero-order chi connectivity index (χ0) is 4.28. The first-order valence-corrected chi connectivity index (χ1v) is 1.31. The van der Waals surface area contributed by atoms with Gasteiger partial charge in [0.25, 0.3) is 5.95 Å². The highest BCUT2D eigenvalue weighted by Crippen LogP contribution is 1.67. The lowest BCUT2D eigenvalue weighted by molar-refractivity contribution is 0.192. The number of aliphatic hydroxyl groups is 2. The molecule has 0 rings (SSSR count). The van der Waals surface area contributed by atoms with Gasteiger partial charge in [-0.2, -0.15) is 0 Å². The molecule has 0 radical (unpaired) electrons. The van der Waals surface area contributed by atoms with Gasteiger partial charge in [0.1, 0.15) is 7.85 Å². The fourth-order valence-electron chi connectivity index (χ4n) is 0. The van der Waals surface area contributed by atoms with Gasteiger partial charge in [0.2, 0.25) is 0 Å². The van der Waals surface area contributed by atoms with Gasteiger partial charge in [-0.15, -0.1) is 0 Å². The second-order valence-electron chi connectivity index (χ2n) is 0.647. The lowest BCUT2D eigenvalue weighted by atomic mass is 10.2. The molecule has 5 heavy (non-hydrogen) atoms. The normalized spacial score (nSPS) is 6.40. The Morgan fingerprint density at radius 1 is 1.60 bits per heavy atom. The SMILES string of the molecule is BC=C(O)O. The van der Waals surface area contributed by atoms with E-state index in [0.717, 1.165) is 0 Å². The molecule has 0 aromatic rings. The highest BCUT2D eigenvalue weighted by atomic mass is 16.5. The van der Waals surface area contributed by atoms with Gasteiger partial charge in [0.05, 0.1) is 0 Å². The Labute approximate surface area is 31.2 Å². The fourth-order valence-corrected chi connectivity index (χ4v) is 0. The summed E-state index contributed by atoms with van der Waals surface area (Å²) in [4.78, 5) is 0. The molecule has 2 N–H and O–H groups in total. The van der Waals surface area contributed by atoms with Crippen molar-refractivity contribution < 1.29 is 10.2 Å².